The minimum atomic E-state index is -0.710. The summed E-state index contributed by atoms with van der Waals surface area (Å²) in [5, 5.41) is 3.40. The lowest BCUT2D eigenvalue weighted by atomic mass is 9.86. The molecule has 122 valence electrons. The highest BCUT2D eigenvalue weighted by Crippen LogP contribution is 2.30. The molecule has 0 spiro atoms. The fraction of sp³-hybridized carbons (Fsp3) is 0.611. The zero-order chi connectivity index (χ0) is 16.2. The van der Waals surface area contributed by atoms with Gasteiger partial charge in [0.1, 0.15) is 5.60 Å². The predicted molar refractivity (Wildman–Crippen MR) is 89.1 cm³/mol. The summed E-state index contributed by atoms with van der Waals surface area (Å²) in [5.41, 5.74) is 7.30. The van der Waals surface area contributed by atoms with Gasteiger partial charge in [-0.25, -0.2) is 4.79 Å². The molecule has 3 N–H and O–H groups in total. The van der Waals surface area contributed by atoms with Crippen molar-refractivity contribution >= 4 is 6.09 Å². The number of hydrogen-bond acceptors (Lipinski definition) is 3. The van der Waals surface area contributed by atoms with Crippen LogP contribution in [0.4, 0.5) is 4.79 Å². The molecule has 0 radical (unpaired) electrons. The Balaban J connectivity index is 1.98. The van der Waals surface area contributed by atoms with Crippen molar-refractivity contribution in [1.82, 2.24) is 5.32 Å². The number of piperidine rings is 1. The predicted octanol–water partition coefficient (Wildman–Crippen LogP) is 3.52. The van der Waals surface area contributed by atoms with Crippen LogP contribution < -0.4 is 11.1 Å². The minimum Gasteiger partial charge on any atom is -0.444 e. The smallest absolute Gasteiger partial charge is 0.405 e. The zero-order valence-electron chi connectivity index (χ0n) is 13.9. The summed E-state index contributed by atoms with van der Waals surface area (Å²) in [4.78, 5) is 10.9. The number of amides is 1. The molecule has 4 heteroatoms. The van der Waals surface area contributed by atoms with Crippen LogP contribution in [0.25, 0.3) is 0 Å². The molecule has 0 unspecified atom stereocenters. The second-order valence-electron chi connectivity index (χ2n) is 6.98. The maximum atomic E-state index is 10.9. The van der Waals surface area contributed by atoms with E-state index in [1.807, 2.05) is 13.8 Å². The largest absolute Gasteiger partial charge is 0.444 e. The molecule has 0 saturated carbocycles. The molecule has 22 heavy (non-hydrogen) atoms. The van der Waals surface area contributed by atoms with E-state index in [4.69, 9.17) is 10.5 Å². The van der Waals surface area contributed by atoms with Gasteiger partial charge in [-0.1, -0.05) is 31.2 Å². The molecule has 0 aromatic heterocycles. The van der Waals surface area contributed by atoms with Crippen LogP contribution in [0, 0.1) is 0 Å². The van der Waals surface area contributed by atoms with Crippen molar-refractivity contribution in [2.24, 2.45) is 5.73 Å². The molecule has 0 aliphatic carbocycles. The van der Waals surface area contributed by atoms with Gasteiger partial charge in [0.05, 0.1) is 0 Å². The summed E-state index contributed by atoms with van der Waals surface area (Å²) in [6.07, 6.45) is 2.48. The van der Waals surface area contributed by atoms with Crippen LogP contribution in [0.1, 0.15) is 63.0 Å². The number of ether oxygens (including phenoxy) is 1. The van der Waals surface area contributed by atoms with Gasteiger partial charge in [-0.3, -0.25) is 0 Å². The third-order valence-corrected chi connectivity index (χ3v) is 4.49. The van der Waals surface area contributed by atoms with Gasteiger partial charge in [0.25, 0.3) is 0 Å². The molecule has 0 bridgehead atoms. The van der Waals surface area contributed by atoms with Crippen LogP contribution in [0.15, 0.2) is 24.3 Å². The molecule has 2 rings (SSSR count). The van der Waals surface area contributed by atoms with E-state index in [0.29, 0.717) is 11.8 Å². The van der Waals surface area contributed by atoms with Crippen LogP contribution in [-0.4, -0.2) is 24.8 Å². The fourth-order valence-corrected chi connectivity index (χ4v) is 3.42. The van der Waals surface area contributed by atoms with Crippen molar-refractivity contribution in [2.45, 2.75) is 57.5 Å². The summed E-state index contributed by atoms with van der Waals surface area (Å²) < 4.78 is 5.18. The minimum absolute atomic E-state index is 0.316. The highest BCUT2D eigenvalue weighted by atomic mass is 16.6. The van der Waals surface area contributed by atoms with Gasteiger partial charge in [-0.05, 0) is 69.2 Å². The topological polar surface area (TPSA) is 64.3 Å². The molecule has 1 saturated heterocycles. The molecule has 1 atom stereocenters. The SMILES string of the molecule is C[C@@H](CC(C)(C)OC(N)=O)c1ccc(C2CCNCC2)cc1. The highest BCUT2D eigenvalue weighted by Gasteiger charge is 2.25. The maximum absolute atomic E-state index is 10.9. The van der Waals surface area contributed by atoms with Crippen molar-refractivity contribution in [3.05, 3.63) is 35.4 Å². The molecular formula is C18H28N2O2. The standard InChI is InChI=1S/C18H28N2O2/c1-13(12-18(2,3)22-17(19)21)14-4-6-15(7-5-14)16-8-10-20-11-9-16/h4-7,13,16,20H,8-12H2,1-3H3,(H2,19,21)/t13-/m0/s1. The molecule has 4 nitrogen and oxygen atoms in total. The number of hydrogen-bond donors (Lipinski definition) is 2. The molecule has 1 aromatic carbocycles. The molecule has 1 aromatic rings. The van der Waals surface area contributed by atoms with E-state index in [9.17, 15) is 4.79 Å². The van der Waals surface area contributed by atoms with Crippen molar-refractivity contribution in [2.75, 3.05) is 13.1 Å². The quantitative estimate of drug-likeness (QED) is 0.874. The van der Waals surface area contributed by atoms with E-state index in [2.05, 4.69) is 36.5 Å². The van der Waals surface area contributed by atoms with Gasteiger partial charge in [0, 0.05) is 0 Å². The summed E-state index contributed by atoms with van der Waals surface area (Å²) in [7, 11) is 0. The van der Waals surface area contributed by atoms with E-state index in [1.165, 1.54) is 24.0 Å². The molecule has 1 heterocycles. The first-order chi connectivity index (χ1) is 10.4. The van der Waals surface area contributed by atoms with Crippen molar-refractivity contribution in [3.8, 4) is 0 Å². The zero-order valence-corrected chi connectivity index (χ0v) is 13.9. The summed E-state index contributed by atoms with van der Waals surface area (Å²) >= 11 is 0. The molecular weight excluding hydrogens is 276 g/mol. The first kappa shape index (κ1) is 16.8. The number of primary amides is 1. The van der Waals surface area contributed by atoms with Crippen molar-refractivity contribution in [1.29, 1.82) is 0 Å². The van der Waals surface area contributed by atoms with Gasteiger partial charge in [-0.2, -0.15) is 0 Å². The summed E-state index contributed by atoms with van der Waals surface area (Å²) in [5.74, 6) is 0.997. The Morgan fingerprint density at radius 1 is 1.32 bits per heavy atom. The van der Waals surface area contributed by atoms with Crippen LogP contribution in [0.5, 0.6) is 0 Å². The average Bonchev–Trinajstić information content (AvgIpc) is 2.46. The van der Waals surface area contributed by atoms with E-state index >= 15 is 0 Å². The van der Waals surface area contributed by atoms with Crippen LogP contribution >= 0.6 is 0 Å². The fourth-order valence-electron chi connectivity index (χ4n) is 3.42. The molecule has 1 aliphatic rings. The highest BCUT2D eigenvalue weighted by molar-refractivity contribution is 5.65. The van der Waals surface area contributed by atoms with Crippen molar-refractivity contribution in [3.63, 3.8) is 0 Å². The number of carbonyl (C=O) groups excluding carboxylic acids is 1. The number of nitrogens with two attached hydrogens (primary N) is 1. The van der Waals surface area contributed by atoms with E-state index in [-0.39, 0.29) is 0 Å². The van der Waals surface area contributed by atoms with Gasteiger partial charge < -0.3 is 15.8 Å². The Bertz CT molecular complexity index is 490. The number of carbonyl (C=O) groups is 1. The third-order valence-electron chi connectivity index (χ3n) is 4.49. The first-order valence-corrected chi connectivity index (χ1v) is 8.16. The van der Waals surface area contributed by atoms with E-state index < -0.39 is 11.7 Å². The van der Waals surface area contributed by atoms with Crippen LogP contribution in [-0.2, 0) is 4.74 Å². The lowest BCUT2D eigenvalue weighted by Gasteiger charge is -2.28. The maximum Gasteiger partial charge on any atom is 0.405 e. The van der Waals surface area contributed by atoms with Crippen LogP contribution in [0.2, 0.25) is 0 Å². The van der Waals surface area contributed by atoms with Gasteiger partial charge >= 0.3 is 6.09 Å². The second-order valence-corrected chi connectivity index (χ2v) is 6.98. The number of rotatable bonds is 5. The first-order valence-electron chi connectivity index (χ1n) is 8.16. The Labute approximate surface area is 133 Å². The van der Waals surface area contributed by atoms with Crippen molar-refractivity contribution < 1.29 is 9.53 Å². The summed E-state index contributed by atoms with van der Waals surface area (Å²) in [6.45, 7) is 8.18. The Morgan fingerprint density at radius 3 is 2.45 bits per heavy atom. The number of benzene rings is 1. The molecule has 1 fully saturated rings. The third kappa shape index (κ3) is 4.73. The lowest BCUT2D eigenvalue weighted by molar-refractivity contribution is 0.0349. The van der Waals surface area contributed by atoms with Gasteiger partial charge in [0.2, 0.25) is 0 Å². The lowest BCUT2D eigenvalue weighted by Crippen LogP contribution is -2.32. The molecule has 1 aliphatic heterocycles. The Kier molecular flexibility index (Phi) is 5.46. The Morgan fingerprint density at radius 2 is 1.91 bits per heavy atom. The molecule has 1 amide bonds. The number of nitrogens with one attached hydrogen (secondary N) is 1. The second kappa shape index (κ2) is 7.14. The summed E-state index contributed by atoms with van der Waals surface area (Å²) in [6, 6.07) is 8.93. The van der Waals surface area contributed by atoms with E-state index in [0.717, 1.165) is 19.5 Å². The Hall–Kier alpha value is -1.55. The van der Waals surface area contributed by atoms with Gasteiger partial charge in [0.15, 0.2) is 0 Å². The normalized spacial score (nSPS) is 18.0. The van der Waals surface area contributed by atoms with E-state index in [1.54, 1.807) is 0 Å². The van der Waals surface area contributed by atoms with Crippen LogP contribution in [0.3, 0.4) is 0 Å². The monoisotopic (exact) mass is 304 g/mol. The van der Waals surface area contributed by atoms with Gasteiger partial charge in [-0.15, -0.1) is 0 Å². The average molecular weight is 304 g/mol.